The van der Waals surface area contributed by atoms with Crippen molar-refractivity contribution in [3.05, 3.63) is 24.0 Å². The Morgan fingerprint density at radius 2 is 1.94 bits per heavy atom. The second kappa shape index (κ2) is 6.16. The summed E-state index contributed by atoms with van der Waals surface area (Å²) in [6.07, 6.45) is 1.94. The second-order valence-corrected chi connectivity index (χ2v) is 5.39. The highest BCUT2D eigenvalue weighted by atomic mass is 15.3. The Morgan fingerprint density at radius 3 is 2.44 bits per heavy atom. The lowest BCUT2D eigenvalue weighted by molar-refractivity contribution is 0.231. The van der Waals surface area contributed by atoms with E-state index in [1.807, 2.05) is 12.3 Å². The molecule has 1 aromatic rings. The van der Waals surface area contributed by atoms with Crippen LogP contribution in [0.15, 0.2) is 18.3 Å². The van der Waals surface area contributed by atoms with Crippen LogP contribution in [0.25, 0.3) is 0 Å². The number of pyridine rings is 1. The van der Waals surface area contributed by atoms with Crippen LogP contribution in [0.3, 0.4) is 0 Å². The van der Waals surface area contributed by atoms with E-state index in [1.54, 1.807) is 0 Å². The van der Waals surface area contributed by atoms with Crippen molar-refractivity contribution in [3.8, 4) is 0 Å². The van der Waals surface area contributed by atoms with E-state index in [0.29, 0.717) is 6.54 Å². The third kappa shape index (κ3) is 3.43. The zero-order valence-corrected chi connectivity index (χ0v) is 11.5. The lowest BCUT2D eigenvalue weighted by Gasteiger charge is -2.36. The number of rotatable bonds is 4. The Balaban J connectivity index is 1.88. The van der Waals surface area contributed by atoms with E-state index in [0.717, 1.165) is 37.8 Å². The number of nitrogens with two attached hydrogens (primary N) is 1. The van der Waals surface area contributed by atoms with E-state index in [4.69, 9.17) is 5.73 Å². The molecule has 0 unspecified atom stereocenters. The molecule has 1 aliphatic rings. The number of anilines is 1. The SMILES string of the molecule is CC(C)CN1CCN(c2ccc(CN)nc2)CC1. The van der Waals surface area contributed by atoms with Crippen molar-refractivity contribution in [2.75, 3.05) is 37.6 Å². The van der Waals surface area contributed by atoms with Gasteiger partial charge in [-0.05, 0) is 18.1 Å². The summed E-state index contributed by atoms with van der Waals surface area (Å²) in [5.41, 5.74) is 7.73. The van der Waals surface area contributed by atoms with Gasteiger partial charge in [0.2, 0.25) is 0 Å². The highest BCUT2D eigenvalue weighted by Gasteiger charge is 2.17. The smallest absolute Gasteiger partial charge is 0.0553 e. The minimum absolute atomic E-state index is 0.516. The molecule has 18 heavy (non-hydrogen) atoms. The van der Waals surface area contributed by atoms with Crippen molar-refractivity contribution in [1.82, 2.24) is 9.88 Å². The quantitative estimate of drug-likeness (QED) is 0.873. The minimum atomic E-state index is 0.516. The van der Waals surface area contributed by atoms with Gasteiger partial charge in [0.05, 0.1) is 17.6 Å². The number of nitrogens with zero attached hydrogens (tertiary/aromatic N) is 3. The van der Waals surface area contributed by atoms with Crippen molar-refractivity contribution < 1.29 is 0 Å². The van der Waals surface area contributed by atoms with E-state index in [-0.39, 0.29) is 0 Å². The van der Waals surface area contributed by atoms with Crippen LogP contribution in [0.5, 0.6) is 0 Å². The molecule has 1 saturated heterocycles. The predicted octanol–water partition coefficient (Wildman–Crippen LogP) is 1.32. The van der Waals surface area contributed by atoms with Crippen LogP contribution >= 0.6 is 0 Å². The standard InChI is InChI=1S/C14H24N4/c1-12(2)11-17-5-7-18(8-6-17)14-4-3-13(9-15)16-10-14/h3-4,10,12H,5-9,11,15H2,1-2H3. The van der Waals surface area contributed by atoms with Crippen molar-refractivity contribution in [3.63, 3.8) is 0 Å². The fraction of sp³-hybridized carbons (Fsp3) is 0.643. The molecular formula is C14H24N4. The fourth-order valence-corrected chi connectivity index (χ4v) is 2.43. The van der Waals surface area contributed by atoms with Crippen molar-refractivity contribution >= 4 is 5.69 Å². The third-order valence-electron chi connectivity index (χ3n) is 3.38. The molecule has 2 heterocycles. The number of piperazine rings is 1. The average Bonchev–Trinajstić information content (AvgIpc) is 2.39. The summed E-state index contributed by atoms with van der Waals surface area (Å²) in [5, 5.41) is 0. The van der Waals surface area contributed by atoms with E-state index in [2.05, 4.69) is 34.7 Å². The lowest BCUT2D eigenvalue weighted by atomic mass is 10.2. The Hall–Kier alpha value is -1.13. The molecule has 0 radical (unpaired) electrons. The highest BCUT2D eigenvalue weighted by Crippen LogP contribution is 2.16. The monoisotopic (exact) mass is 248 g/mol. The molecule has 0 aromatic carbocycles. The molecule has 0 atom stereocenters. The maximum atomic E-state index is 5.56. The van der Waals surface area contributed by atoms with Crippen LogP contribution in [0, 0.1) is 5.92 Å². The van der Waals surface area contributed by atoms with E-state index in [9.17, 15) is 0 Å². The molecule has 2 N–H and O–H groups in total. The van der Waals surface area contributed by atoms with Crippen molar-refractivity contribution in [2.45, 2.75) is 20.4 Å². The van der Waals surface area contributed by atoms with Gasteiger partial charge in [-0.2, -0.15) is 0 Å². The first-order valence-corrected chi connectivity index (χ1v) is 6.81. The molecule has 0 amide bonds. The molecular weight excluding hydrogens is 224 g/mol. The fourth-order valence-electron chi connectivity index (χ4n) is 2.43. The van der Waals surface area contributed by atoms with E-state index in [1.165, 1.54) is 12.2 Å². The topological polar surface area (TPSA) is 45.4 Å². The number of hydrogen-bond donors (Lipinski definition) is 1. The molecule has 1 aromatic heterocycles. The van der Waals surface area contributed by atoms with Gasteiger partial charge in [-0.1, -0.05) is 13.8 Å². The second-order valence-electron chi connectivity index (χ2n) is 5.39. The molecule has 4 nitrogen and oxygen atoms in total. The molecule has 0 spiro atoms. The Bertz CT molecular complexity index is 353. The van der Waals surface area contributed by atoms with Gasteiger partial charge >= 0.3 is 0 Å². The van der Waals surface area contributed by atoms with Crippen LogP contribution in [0.2, 0.25) is 0 Å². The van der Waals surface area contributed by atoms with Gasteiger partial charge in [0.15, 0.2) is 0 Å². The third-order valence-corrected chi connectivity index (χ3v) is 3.38. The zero-order chi connectivity index (χ0) is 13.0. The Kier molecular flexibility index (Phi) is 4.55. The summed E-state index contributed by atoms with van der Waals surface area (Å²) in [7, 11) is 0. The van der Waals surface area contributed by atoms with Crippen LogP contribution in [-0.4, -0.2) is 42.6 Å². The van der Waals surface area contributed by atoms with E-state index >= 15 is 0 Å². The lowest BCUT2D eigenvalue weighted by Crippen LogP contribution is -2.47. The van der Waals surface area contributed by atoms with Crippen LogP contribution < -0.4 is 10.6 Å². The summed E-state index contributed by atoms with van der Waals surface area (Å²) in [4.78, 5) is 9.31. The number of hydrogen-bond acceptors (Lipinski definition) is 4. The molecule has 0 aliphatic carbocycles. The Labute approximate surface area is 110 Å². The summed E-state index contributed by atoms with van der Waals surface area (Å²) < 4.78 is 0. The normalized spacial score (nSPS) is 17.4. The zero-order valence-electron chi connectivity index (χ0n) is 11.5. The van der Waals surface area contributed by atoms with Gasteiger partial charge in [0, 0.05) is 39.3 Å². The van der Waals surface area contributed by atoms with Gasteiger partial charge in [-0.3, -0.25) is 9.88 Å². The van der Waals surface area contributed by atoms with Crippen LogP contribution in [0.1, 0.15) is 19.5 Å². The molecule has 1 fully saturated rings. The minimum Gasteiger partial charge on any atom is -0.368 e. The largest absolute Gasteiger partial charge is 0.368 e. The first kappa shape index (κ1) is 13.3. The summed E-state index contributed by atoms with van der Waals surface area (Å²) in [6, 6.07) is 4.16. The van der Waals surface area contributed by atoms with Gasteiger partial charge < -0.3 is 10.6 Å². The van der Waals surface area contributed by atoms with Gasteiger partial charge in [0.25, 0.3) is 0 Å². The maximum absolute atomic E-state index is 5.56. The van der Waals surface area contributed by atoms with Gasteiger partial charge in [-0.25, -0.2) is 0 Å². The summed E-state index contributed by atoms with van der Waals surface area (Å²) >= 11 is 0. The summed E-state index contributed by atoms with van der Waals surface area (Å²) in [5.74, 6) is 0.752. The highest BCUT2D eigenvalue weighted by molar-refractivity contribution is 5.45. The first-order valence-electron chi connectivity index (χ1n) is 6.81. The molecule has 0 saturated carbocycles. The Morgan fingerprint density at radius 1 is 1.22 bits per heavy atom. The van der Waals surface area contributed by atoms with Crippen molar-refractivity contribution in [1.29, 1.82) is 0 Å². The van der Waals surface area contributed by atoms with E-state index < -0.39 is 0 Å². The molecule has 1 aliphatic heterocycles. The molecule has 100 valence electrons. The molecule has 2 rings (SSSR count). The number of aromatic nitrogens is 1. The van der Waals surface area contributed by atoms with Crippen LogP contribution in [0.4, 0.5) is 5.69 Å². The first-order chi connectivity index (χ1) is 8.69. The van der Waals surface area contributed by atoms with Crippen LogP contribution in [-0.2, 0) is 6.54 Å². The predicted molar refractivity (Wildman–Crippen MR) is 75.6 cm³/mol. The molecule has 0 bridgehead atoms. The van der Waals surface area contributed by atoms with Gasteiger partial charge in [-0.15, -0.1) is 0 Å². The average molecular weight is 248 g/mol. The molecule has 4 heteroatoms. The van der Waals surface area contributed by atoms with Gasteiger partial charge in [0.1, 0.15) is 0 Å². The van der Waals surface area contributed by atoms with Crippen molar-refractivity contribution in [2.24, 2.45) is 11.7 Å². The summed E-state index contributed by atoms with van der Waals surface area (Å²) in [6.45, 7) is 10.8. The maximum Gasteiger partial charge on any atom is 0.0553 e.